The maximum atomic E-state index is 12.3. The van der Waals surface area contributed by atoms with Crippen molar-refractivity contribution in [3.63, 3.8) is 0 Å². The summed E-state index contributed by atoms with van der Waals surface area (Å²) in [6.45, 7) is 3.45. The van der Waals surface area contributed by atoms with E-state index in [2.05, 4.69) is 12.2 Å². The van der Waals surface area contributed by atoms with Crippen LogP contribution in [0.25, 0.3) is 0 Å². The third-order valence-corrected chi connectivity index (χ3v) is 5.53. The number of aliphatic hydroxyl groups is 1. The Morgan fingerprint density at radius 1 is 1.14 bits per heavy atom. The van der Waals surface area contributed by atoms with Gasteiger partial charge in [-0.1, -0.05) is 19.8 Å². The quantitative estimate of drug-likeness (QED) is 0.838. The van der Waals surface area contributed by atoms with Crippen LogP contribution in [0.5, 0.6) is 0 Å². The number of hydrogen-bond acceptors (Lipinski definition) is 2. The molecule has 2 rings (SSSR count). The molecule has 2 N–H and O–H groups in total. The lowest BCUT2D eigenvalue weighted by Crippen LogP contribution is -2.46. The topological polar surface area (TPSA) is 52.6 Å². The maximum Gasteiger partial charge on any atom is 0.317 e. The van der Waals surface area contributed by atoms with Crippen molar-refractivity contribution in [3.8, 4) is 0 Å². The Morgan fingerprint density at radius 2 is 1.86 bits per heavy atom. The Labute approximate surface area is 129 Å². The van der Waals surface area contributed by atoms with Crippen LogP contribution in [0, 0.1) is 17.8 Å². The minimum atomic E-state index is 0.0840. The standard InChI is InChI=1S/C17H32N2O2/c1-13-4-3-5-15(10-13)11-18-17(21)19(2)16-8-6-14(12-20)7-9-16/h13-16,20H,3-12H2,1-2H3,(H,18,21). The van der Waals surface area contributed by atoms with E-state index in [0.29, 0.717) is 24.5 Å². The molecule has 4 nitrogen and oxygen atoms in total. The minimum Gasteiger partial charge on any atom is -0.396 e. The molecule has 2 aliphatic carbocycles. The summed E-state index contributed by atoms with van der Waals surface area (Å²) in [5.41, 5.74) is 0. The Morgan fingerprint density at radius 3 is 2.48 bits per heavy atom. The summed E-state index contributed by atoms with van der Waals surface area (Å²) < 4.78 is 0. The van der Waals surface area contributed by atoms with Gasteiger partial charge in [-0.3, -0.25) is 0 Å². The number of carbonyl (C=O) groups is 1. The number of carbonyl (C=O) groups excluding carboxylic acids is 1. The third kappa shape index (κ3) is 4.87. The van der Waals surface area contributed by atoms with Crippen LogP contribution in [0.2, 0.25) is 0 Å². The van der Waals surface area contributed by atoms with Crippen LogP contribution < -0.4 is 5.32 Å². The molecule has 0 saturated heterocycles. The molecule has 2 fully saturated rings. The lowest BCUT2D eigenvalue weighted by atomic mass is 9.82. The van der Waals surface area contributed by atoms with Crippen LogP contribution in [0.1, 0.15) is 58.3 Å². The van der Waals surface area contributed by atoms with E-state index in [4.69, 9.17) is 0 Å². The first-order valence-electron chi connectivity index (χ1n) is 8.71. The normalized spacial score (nSPS) is 33.5. The number of amides is 2. The largest absolute Gasteiger partial charge is 0.396 e. The van der Waals surface area contributed by atoms with E-state index in [9.17, 15) is 9.90 Å². The molecule has 122 valence electrons. The van der Waals surface area contributed by atoms with E-state index in [1.165, 1.54) is 25.7 Å². The summed E-state index contributed by atoms with van der Waals surface area (Å²) in [5, 5.41) is 12.3. The smallest absolute Gasteiger partial charge is 0.317 e. The number of hydrogen-bond donors (Lipinski definition) is 2. The summed E-state index contributed by atoms with van der Waals surface area (Å²) >= 11 is 0. The average molecular weight is 296 g/mol. The number of nitrogens with zero attached hydrogens (tertiary/aromatic N) is 1. The molecule has 0 aromatic carbocycles. The van der Waals surface area contributed by atoms with Gasteiger partial charge in [0, 0.05) is 26.2 Å². The molecule has 2 saturated carbocycles. The van der Waals surface area contributed by atoms with Crippen molar-refractivity contribution in [1.29, 1.82) is 0 Å². The van der Waals surface area contributed by atoms with Crippen molar-refractivity contribution in [2.24, 2.45) is 17.8 Å². The molecule has 21 heavy (non-hydrogen) atoms. The van der Waals surface area contributed by atoms with E-state index in [1.54, 1.807) is 0 Å². The van der Waals surface area contributed by atoms with Gasteiger partial charge in [0.1, 0.15) is 0 Å². The highest BCUT2D eigenvalue weighted by atomic mass is 16.3. The van der Waals surface area contributed by atoms with Crippen LogP contribution in [-0.2, 0) is 0 Å². The molecule has 0 radical (unpaired) electrons. The number of nitrogens with one attached hydrogen (secondary N) is 1. The summed E-state index contributed by atoms with van der Waals surface area (Å²) in [5.74, 6) is 1.92. The maximum absolute atomic E-state index is 12.3. The van der Waals surface area contributed by atoms with Gasteiger partial charge in [0.2, 0.25) is 0 Å². The molecule has 2 aliphatic rings. The fourth-order valence-electron chi connectivity index (χ4n) is 3.98. The second kappa shape index (κ2) is 8.02. The summed E-state index contributed by atoms with van der Waals surface area (Å²) in [6, 6.07) is 0.429. The zero-order valence-electron chi connectivity index (χ0n) is 13.7. The monoisotopic (exact) mass is 296 g/mol. The van der Waals surface area contributed by atoms with Crippen molar-refractivity contribution in [3.05, 3.63) is 0 Å². The second-order valence-electron chi connectivity index (χ2n) is 7.29. The van der Waals surface area contributed by atoms with Gasteiger partial charge < -0.3 is 15.3 Å². The highest BCUT2D eigenvalue weighted by Gasteiger charge is 2.27. The zero-order chi connectivity index (χ0) is 15.2. The molecule has 0 aliphatic heterocycles. The number of urea groups is 1. The molecule has 0 spiro atoms. The molecule has 0 heterocycles. The van der Waals surface area contributed by atoms with Crippen molar-refractivity contribution in [2.75, 3.05) is 20.2 Å². The Hall–Kier alpha value is -0.770. The highest BCUT2D eigenvalue weighted by Crippen LogP contribution is 2.28. The van der Waals surface area contributed by atoms with Gasteiger partial charge in [-0.25, -0.2) is 4.79 Å². The molecule has 0 aromatic heterocycles. The first kappa shape index (κ1) is 16.6. The van der Waals surface area contributed by atoms with E-state index in [1.807, 2.05) is 11.9 Å². The summed E-state index contributed by atoms with van der Waals surface area (Å²) in [6.07, 6.45) is 9.30. The Kier molecular flexibility index (Phi) is 6.34. The average Bonchev–Trinajstić information content (AvgIpc) is 2.52. The fraction of sp³-hybridized carbons (Fsp3) is 0.941. The third-order valence-electron chi connectivity index (χ3n) is 5.53. The SMILES string of the molecule is CC1CCCC(CNC(=O)N(C)C2CCC(CO)CC2)C1. The molecule has 0 aromatic rings. The highest BCUT2D eigenvalue weighted by molar-refractivity contribution is 5.74. The van der Waals surface area contributed by atoms with Crippen LogP contribution >= 0.6 is 0 Å². The second-order valence-corrected chi connectivity index (χ2v) is 7.29. The van der Waals surface area contributed by atoms with Crippen LogP contribution in [0.3, 0.4) is 0 Å². The van der Waals surface area contributed by atoms with Crippen molar-refractivity contribution < 1.29 is 9.90 Å². The van der Waals surface area contributed by atoms with Crippen LogP contribution in [-0.4, -0.2) is 42.3 Å². The van der Waals surface area contributed by atoms with E-state index >= 15 is 0 Å². The first-order valence-corrected chi connectivity index (χ1v) is 8.71. The first-order chi connectivity index (χ1) is 10.1. The predicted octanol–water partition coefficient (Wildman–Crippen LogP) is 3.01. The van der Waals surface area contributed by atoms with Gasteiger partial charge in [-0.05, 0) is 56.3 Å². The van der Waals surface area contributed by atoms with Gasteiger partial charge in [0.25, 0.3) is 0 Å². The van der Waals surface area contributed by atoms with Gasteiger partial charge in [-0.2, -0.15) is 0 Å². The van der Waals surface area contributed by atoms with Gasteiger partial charge >= 0.3 is 6.03 Å². The molecule has 2 atom stereocenters. The molecule has 2 amide bonds. The number of rotatable bonds is 4. The molecule has 0 bridgehead atoms. The fourth-order valence-corrected chi connectivity index (χ4v) is 3.98. The predicted molar refractivity (Wildman–Crippen MR) is 85.1 cm³/mol. The van der Waals surface area contributed by atoms with E-state index in [-0.39, 0.29) is 6.03 Å². The molecular weight excluding hydrogens is 264 g/mol. The summed E-state index contributed by atoms with van der Waals surface area (Å²) in [4.78, 5) is 14.2. The molecule has 2 unspecified atom stereocenters. The molecular formula is C17H32N2O2. The number of aliphatic hydroxyl groups excluding tert-OH is 1. The Bertz CT molecular complexity index is 327. The molecule has 4 heteroatoms. The lowest BCUT2D eigenvalue weighted by Gasteiger charge is -2.34. The summed E-state index contributed by atoms with van der Waals surface area (Å²) in [7, 11) is 1.92. The lowest BCUT2D eigenvalue weighted by molar-refractivity contribution is 0.132. The van der Waals surface area contributed by atoms with Gasteiger partial charge in [-0.15, -0.1) is 0 Å². The zero-order valence-corrected chi connectivity index (χ0v) is 13.7. The van der Waals surface area contributed by atoms with Gasteiger partial charge in [0.15, 0.2) is 0 Å². The van der Waals surface area contributed by atoms with Crippen LogP contribution in [0.15, 0.2) is 0 Å². The van der Waals surface area contributed by atoms with Gasteiger partial charge in [0.05, 0.1) is 0 Å². The van der Waals surface area contributed by atoms with Crippen molar-refractivity contribution in [1.82, 2.24) is 10.2 Å². The van der Waals surface area contributed by atoms with Crippen molar-refractivity contribution in [2.45, 2.75) is 64.3 Å². The minimum absolute atomic E-state index is 0.0840. The van der Waals surface area contributed by atoms with E-state index in [0.717, 1.165) is 38.1 Å². The Balaban J connectivity index is 1.70. The van der Waals surface area contributed by atoms with Crippen LogP contribution in [0.4, 0.5) is 4.79 Å². The van der Waals surface area contributed by atoms with E-state index < -0.39 is 0 Å². The van der Waals surface area contributed by atoms with Crippen molar-refractivity contribution >= 4 is 6.03 Å².